The summed E-state index contributed by atoms with van der Waals surface area (Å²) in [6.07, 6.45) is 1.56. The number of hydrogen-bond donors (Lipinski definition) is 1. The molecule has 2 aromatic rings. The van der Waals surface area contributed by atoms with Gasteiger partial charge in [0.15, 0.2) is 12.1 Å². The Hall–Kier alpha value is -3.65. The largest absolute Gasteiger partial charge is 0.458 e. The van der Waals surface area contributed by atoms with Crippen LogP contribution in [0.2, 0.25) is 0 Å². The van der Waals surface area contributed by atoms with E-state index in [1.807, 2.05) is 66.7 Å². The van der Waals surface area contributed by atoms with Gasteiger partial charge in [0.05, 0.1) is 6.61 Å². The van der Waals surface area contributed by atoms with E-state index in [2.05, 4.69) is 5.32 Å². The maximum absolute atomic E-state index is 13.3. The average Bonchev–Trinajstić information content (AvgIpc) is 2.79. The molecule has 0 saturated heterocycles. The molecule has 2 aromatic carbocycles. The quantitative estimate of drug-likeness (QED) is 0.220. The fourth-order valence-corrected chi connectivity index (χ4v) is 3.45. The molecule has 1 amide bonds. The zero-order chi connectivity index (χ0) is 30.1. The van der Waals surface area contributed by atoms with E-state index in [1.54, 1.807) is 62.3 Å². The van der Waals surface area contributed by atoms with Crippen molar-refractivity contribution in [3.8, 4) is 0 Å². The first-order valence-corrected chi connectivity index (χ1v) is 13.3. The Morgan fingerprint density at radius 1 is 0.700 bits per heavy atom. The molecule has 1 N–H and O–H groups in total. The van der Waals surface area contributed by atoms with Gasteiger partial charge >= 0.3 is 18.0 Å². The molecular formula is C32H43NO7. The molecule has 0 aromatic heterocycles. The number of rotatable bonds is 9. The minimum absolute atomic E-state index is 0.0355. The van der Waals surface area contributed by atoms with Gasteiger partial charge in [-0.3, -0.25) is 0 Å². The van der Waals surface area contributed by atoms with Gasteiger partial charge in [-0.15, -0.1) is 0 Å². The second-order valence-corrected chi connectivity index (χ2v) is 12.4. The SMILES string of the molecule is CC(C)(C)OC(=O)N[C@H](C(=O)OC(C)(C)C)[C@H](OCc1cccc(/C=C/c2ccccc2)c1)C(=O)OC(C)(C)C. The molecule has 0 fully saturated rings. The van der Waals surface area contributed by atoms with Crippen molar-refractivity contribution in [1.29, 1.82) is 0 Å². The lowest BCUT2D eigenvalue weighted by Gasteiger charge is -2.31. The third-order valence-corrected chi connectivity index (χ3v) is 4.92. The van der Waals surface area contributed by atoms with Gasteiger partial charge in [0, 0.05) is 0 Å². The molecule has 0 unspecified atom stereocenters. The zero-order valence-electron chi connectivity index (χ0n) is 25.1. The summed E-state index contributed by atoms with van der Waals surface area (Å²) in [6.45, 7) is 15.2. The van der Waals surface area contributed by atoms with Crippen LogP contribution in [-0.2, 0) is 35.1 Å². The Kier molecular flexibility index (Phi) is 11.1. The van der Waals surface area contributed by atoms with Gasteiger partial charge in [-0.2, -0.15) is 0 Å². The molecular weight excluding hydrogens is 510 g/mol. The van der Waals surface area contributed by atoms with Gasteiger partial charge in [-0.25, -0.2) is 14.4 Å². The van der Waals surface area contributed by atoms with Crippen LogP contribution in [-0.4, -0.2) is 47.0 Å². The van der Waals surface area contributed by atoms with E-state index in [4.69, 9.17) is 18.9 Å². The number of carbonyl (C=O) groups is 3. The zero-order valence-corrected chi connectivity index (χ0v) is 25.1. The Bertz CT molecular complexity index is 1170. The van der Waals surface area contributed by atoms with Crippen LogP contribution in [0, 0.1) is 0 Å². The number of nitrogens with one attached hydrogen (secondary N) is 1. The number of hydrogen-bond acceptors (Lipinski definition) is 7. The fraction of sp³-hybridized carbons (Fsp3) is 0.469. The molecule has 0 heterocycles. The third kappa shape index (κ3) is 12.5. The third-order valence-electron chi connectivity index (χ3n) is 4.92. The second kappa shape index (κ2) is 13.6. The summed E-state index contributed by atoms with van der Waals surface area (Å²) in [6, 6.07) is 15.9. The number of carbonyl (C=O) groups excluding carboxylic acids is 3. The summed E-state index contributed by atoms with van der Waals surface area (Å²) < 4.78 is 22.5. The van der Waals surface area contributed by atoms with Crippen molar-refractivity contribution in [2.45, 2.75) is 97.9 Å². The average molecular weight is 554 g/mol. The molecule has 8 heteroatoms. The Morgan fingerprint density at radius 2 is 1.23 bits per heavy atom. The second-order valence-electron chi connectivity index (χ2n) is 12.4. The summed E-state index contributed by atoms with van der Waals surface area (Å²) in [7, 11) is 0. The Balaban J connectivity index is 2.35. The minimum Gasteiger partial charge on any atom is -0.458 e. The van der Waals surface area contributed by atoms with Gasteiger partial charge < -0.3 is 24.3 Å². The van der Waals surface area contributed by atoms with Crippen LogP contribution in [0.4, 0.5) is 4.79 Å². The predicted octanol–water partition coefficient (Wildman–Crippen LogP) is 6.32. The van der Waals surface area contributed by atoms with Crippen LogP contribution >= 0.6 is 0 Å². The lowest BCUT2D eigenvalue weighted by molar-refractivity contribution is -0.180. The molecule has 0 radical (unpaired) electrons. The predicted molar refractivity (Wildman–Crippen MR) is 155 cm³/mol. The van der Waals surface area contributed by atoms with E-state index in [9.17, 15) is 14.4 Å². The van der Waals surface area contributed by atoms with E-state index in [0.29, 0.717) is 0 Å². The highest BCUT2D eigenvalue weighted by Gasteiger charge is 2.42. The molecule has 0 aliphatic carbocycles. The van der Waals surface area contributed by atoms with Crippen LogP contribution < -0.4 is 5.32 Å². The van der Waals surface area contributed by atoms with Gasteiger partial charge in [0.25, 0.3) is 0 Å². The van der Waals surface area contributed by atoms with Crippen LogP contribution in [0.3, 0.4) is 0 Å². The van der Waals surface area contributed by atoms with Gasteiger partial charge in [-0.1, -0.05) is 60.7 Å². The van der Waals surface area contributed by atoms with E-state index < -0.39 is 47.0 Å². The number of ether oxygens (including phenoxy) is 4. The minimum atomic E-state index is -1.52. The first-order valence-electron chi connectivity index (χ1n) is 13.3. The summed E-state index contributed by atoms with van der Waals surface area (Å²) in [5.74, 6) is -1.67. The molecule has 0 aliphatic heterocycles. The first kappa shape index (κ1) is 32.6. The van der Waals surface area contributed by atoms with Crippen LogP contribution in [0.1, 0.15) is 79.0 Å². The van der Waals surface area contributed by atoms with Crippen molar-refractivity contribution in [3.63, 3.8) is 0 Å². The smallest absolute Gasteiger partial charge is 0.408 e. The fourth-order valence-electron chi connectivity index (χ4n) is 3.45. The summed E-state index contributed by atoms with van der Waals surface area (Å²) in [5.41, 5.74) is 0.146. The number of esters is 2. The lowest BCUT2D eigenvalue weighted by atomic mass is 10.1. The standard InChI is InChI=1S/C32H43NO7/c1-30(2,3)38-27(34)25(33-29(36)40-32(7,8)9)26(28(35)39-31(4,5)6)37-21-24-17-13-16-23(20-24)19-18-22-14-11-10-12-15-22/h10-20,25-26H,21H2,1-9H3,(H,33,36)/b19-18+/t25-,26-/m0/s1. The Labute approximate surface area is 238 Å². The van der Waals surface area contributed by atoms with Crippen molar-refractivity contribution in [3.05, 3.63) is 71.3 Å². The van der Waals surface area contributed by atoms with Gasteiger partial charge in [0.1, 0.15) is 16.8 Å². The van der Waals surface area contributed by atoms with Crippen molar-refractivity contribution < 1.29 is 33.3 Å². The maximum atomic E-state index is 13.3. The first-order chi connectivity index (χ1) is 18.4. The van der Waals surface area contributed by atoms with Crippen molar-refractivity contribution in [2.75, 3.05) is 0 Å². The van der Waals surface area contributed by atoms with Crippen LogP contribution in [0.15, 0.2) is 54.6 Å². The molecule has 218 valence electrons. The van der Waals surface area contributed by atoms with E-state index in [1.165, 1.54) is 0 Å². The van der Waals surface area contributed by atoms with E-state index >= 15 is 0 Å². The van der Waals surface area contributed by atoms with Crippen LogP contribution in [0.25, 0.3) is 12.2 Å². The summed E-state index contributed by atoms with van der Waals surface area (Å²) >= 11 is 0. The maximum Gasteiger partial charge on any atom is 0.408 e. The topological polar surface area (TPSA) is 100 Å². The van der Waals surface area contributed by atoms with Crippen molar-refractivity contribution in [1.82, 2.24) is 5.32 Å². The number of amides is 1. The van der Waals surface area contributed by atoms with E-state index in [0.717, 1.165) is 16.7 Å². The molecule has 8 nitrogen and oxygen atoms in total. The van der Waals surface area contributed by atoms with Gasteiger partial charge in [0.2, 0.25) is 0 Å². The normalized spacial score (nSPS) is 13.8. The Morgan fingerprint density at radius 3 is 1.80 bits per heavy atom. The molecule has 0 aliphatic rings. The van der Waals surface area contributed by atoms with Crippen molar-refractivity contribution >= 4 is 30.2 Å². The summed E-state index contributed by atoms with van der Waals surface area (Å²) in [4.78, 5) is 39.3. The monoisotopic (exact) mass is 553 g/mol. The number of benzene rings is 2. The highest BCUT2D eigenvalue weighted by Crippen LogP contribution is 2.19. The highest BCUT2D eigenvalue weighted by molar-refractivity contribution is 5.89. The summed E-state index contributed by atoms with van der Waals surface area (Å²) in [5, 5.41) is 2.48. The molecule has 2 rings (SSSR count). The lowest BCUT2D eigenvalue weighted by Crippen LogP contribution is -2.56. The van der Waals surface area contributed by atoms with Crippen LogP contribution in [0.5, 0.6) is 0 Å². The molecule has 0 bridgehead atoms. The molecule has 2 atom stereocenters. The number of alkyl carbamates (subject to hydrolysis) is 1. The molecule has 0 spiro atoms. The van der Waals surface area contributed by atoms with Gasteiger partial charge in [-0.05, 0) is 85.1 Å². The molecule has 40 heavy (non-hydrogen) atoms. The molecule has 0 saturated carbocycles. The van der Waals surface area contributed by atoms with E-state index in [-0.39, 0.29) is 6.61 Å². The van der Waals surface area contributed by atoms with Crippen molar-refractivity contribution in [2.24, 2.45) is 0 Å². The highest BCUT2D eigenvalue weighted by atomic mass is 16.6.